The largest absolute Gasteiger partial charge is 0.480 e. The summed E-state index contributed by atoms with van der Waals surface area (Å²) in [5.74, 6) is -1.12. The summed E-state index contributed by atoms with van der Waals surface area (Å²) in [6, 6.07) is -0.722. The summed E-state index contributed by atoms with van der Waals surface area (Å²) in [5.41, 5.74) is 5.26. The normalized spacial score (nSPS) is 12.2. The number of carboxylic acids is 1. The summed E-state index contributed by atoms with van der Waals surface area (Å²) < 4.78 is 0. The highest BCUT2D eigenvalue weighted by Gasteiger charge is 2.23. The van der Waals surface area contributed by atoms with Gasteiger partial charge in [-0.1, -0.05) is 6.92 Å². The lowest BCUT2D eigenvalue weighted by atomic mass is 10.2. The number of carbonyl (C=O) groups is 2. The molecule has 0 radical (unpaired) electrons. The predicted octanol–water partition coefficient (Wildman–Crippen LogP) is 0.0469. The van der Waals surface area contributed by atoms with Crippen LogP contribution in [0.25, 0.3) is 0 Å². The molecule has 0 heterocycles. The third-order valence-corrected chi connectivity index (χ3v) is 2.13. The van der Waals surface area contributed by atoms with Crippen LogP contribution in [0.5, 0.6) is 0 Å². The highest BCUT2D eigenvalue weighted by molar-refractivity contribution is 5.83. The van der Waals surface area contributed by atoms with Crippen molar-refractivity contribution in [3.05, 3.63) is 0 Å². The van der Waals surface area contributed by atoms with Gasteiger partial charge in [0.25, 0.3) is 0 Å². The molecule has 0 aromatic heterocycles. The van der Waals surface area contributed by atoms with Crippen molar-refractivity contribution >= 4 is 11.9 Å². The molecule has 0 aromatic carbocycles. The average molecular weight is 202 g/mol. The van der Waals surface area contributed by atoms with E-state index in [1.54, 1.807) is 6.92 Å². The molecule has 82 valence electrons. The molecule has 0 saturated heterocycles. The summed E-state index contributed by atoms with van der Waals surface area (Å²) in [5, 5.41) is 8.80. The number of amides is 1. The molecule has 3 N–H and O–H groups in total. The summed E-state index contributed by atoms with van der Waals surface area (Å²) in [7, 11) is 1.52. The highest BCUT2D eigenvalue weighted by Crippen LogP contribution is 2.05. The molecule has 5 heteroatoms. The Morgan fingerprint density at radius 1 is 1.50 bits per heavy atom. The summed E-state index contributed by atoms with van der Waals surface area (Å²) in [4.78, 5) is 23.4. The van der Waals surface area contributed by atoms with Gasteiger partial charge in [-0.25, -0.2) is 4.79 Å². The van der Waals surface area contributed by atoms with E-state index in [1.165, 1.54) is 11.9 Å². The van der Waals surface area contributed by atoms with Gasteiger partial charge in [-0.15, -0.1) is 0 Å². The van der Waals surface area contributed by atoms with Gasteiger partial charge in [-0.2, -0.15) is 0 Å². The van der Waals surface area contributed by atoms with Gasteiger partial charge in [0.1, 0.15) is 6.04 Å². The molecule has 1 atom stereocenters. The minimum Gasteiger partial charge on any atom is -0.480 e. The number of nitrogens with two attached hydrogens (primary N) is 1. The Balaban J connectivity index is 4.20. The van der Waals surface area contributed by atoms with Crippen molar-refractivity contribution < 1.29 is 14.7 Å². The zero-order valence-electron chi connectivity index (χ0n) is 8.69. The monoisotopic (exact) mass is 202 g/mol. The molecule has 0 aliphatic heterocycles. The fourth-order valence-corrected chi connectivity index (χ4v) is 1.22. The van der Waals surface area contributed by atoms with Gasteiger partial charge in [-0.05, 0) is 19.4 Å². The zero-order valence-corrected chi connectivity index (χ0v) is 8.69. The maximum Gasteiger partial charge on any atom is 0.326 e. The van der Waals surface area contributed by atoms with Crippen molar-refractivity contribution in [2.45, 2.75) is 32.2 Å². The van der Waals surface area contributed by atoms with Crippen LogP contribution in [0.2, 0.25) is 0 Å². The van der Waals surface area contributed by atoms with Gasteiger partial charge < -0.3 is 15.7 Å². The second-order valence-electron chi connectivity index (χ2n) is 3.16. The van der Waals surface area contributed by atoms with E-state index in [4.69, 9.17) is 10.8 Å². The first-order valence-electron chi connectivity index (χ1n) is 4.73. The number of nitrogens with zero attached hydrogens (tertiary/aromatic N) is 1. The molecule has 0 aliphatic rings. The van der Waals surface area contributed by atoms with Crippen LogP contribution in [0.1, 0.15) is 26.2 Å². The van der Waals surface area contributed by atoms with Crippen LogP contribution >= 0.6 is 0 Å². The first-order valence-corrected chi connectivity index (χ1v) is 4.73. The minimum absolute atomic E-state index is 0.162. The van der Waals surface area contributed by atoms with Crippen molar-refractivity contribution in [1.82, 2.24) is 4.90 Å². The molecule has 5 nitrogen and oxygen atoms in total. The van der Waals surface area contributed by atoms with E-state index >= 15 is 0 Å². The van der Waals surface area contributed by atoms with Gasteiger partial charge in [0.15, 0.2) is 0 Å². The van der Waals surface area contributed by atoms with E-state index in [9.17, 15) is 9.59 Å². The quantitative estimate of drug-likeness (QED) is 0.637. The van der Waals surface area contributed by atoms with Crippen LogP contribution in [0.15, 0.2) is 0 Å². The standard InChI is InChI=1S/C9H18N2O3/c1-3-7(9(13)14)11(2)8(12)5-4-6-10/h7H,3-6,10H2,1-2H3,(H,13,14). The molecule has 0 rings (SSSR count). The van der Waals surface area contributed by atoms with Crippen molar-refractivity contribution in [2.75, 3.05) is 13.6 Å². The smallest absolute Gasteiger partial charge is 0.326 e. The van der Waals surface area contributed by atoms with Crippen LogP contribution in [0.3, 0.4) is 0 Å². The van der Waals surface area contributed by atoms with Crippen molar-refractivity contribution in [1.29, 1.82) is 0 Å². The van der Waals surface area contributed by atoms with E-state index in [-0.39, 0.29) is 5.91 Å². The van der Waals surface area contributed by atoms with Gasteiger partial charge in [0.05, 0.1) is 0 Å². The van der Waals surface area contributed by atoms with Gasteiger partial charge in [-0.3, -0.25) is 4.79 Å². The number of carboxylic acid groups (broad SMARTS) is 1. The Bertz CT molecular complexity index is 206. The molecular formula is C9H18N2O3. The fourth-order valence-electron chi connectivity index (χ4n) is 1.22. The lowest BCUT2D eigenvalue weighted by molar-refractivity contribution is -0.149. The predicted molar refractivity (Wildman–Crippen MR) is 52.8 cm³/mol. The molecule has 0 aromatic rings. The lowest BCUT2D eigenvalue weighted by Crippen LogP contribution is -2.42. The molecule has 0 spiro atoms. The number of aliphatic carboxylic acids is 1. The van der Waals surface area contributed by atoms with Crippen LogP contribution < -0.4 is 5.73 Å². The molecule has 1 unspecified atom stereocenters. The first-order chi connectivity index (χ1) is 6.54. The Morgan fingerprint density at radius 3 is 2.43 bits per heavy atom. The minimum atomic E-state index is -0.962. The van der Waals surface area contributed by atoms with Gasteiger partial charge in [0, 0.05) is 13.5 Å². The summed E-state index contributed by atoms with van der Waals surface area (Å²) >= 11 is 0. The third-order valence-electron chi connectivity index (χ3n) is 2.13. The molecule has 1 amide bonds. The van der Waals surface area contributed by atoms with E-state index in [2.05, 4.69) is 0 Å². The number of rotatable bonds is 6. The Morgan fingerprint density at radius 2 is 2.07 bits per heavy atom. The topological polar surface area (TPSA) is 83.6 Å². The number of hydrogen-bond acceptors (Lipinski definition) is 3. The van der Waals surface area contributed by atoms with E-state index < -0.39 is 12.0 Å². The second-order valence-corrected chi connectivity index (χ2v) is 3.16. The van der Waals surface area contributed by atoms with Crippen molar-refractivity contribution in [3.63, 3.8) is 0 Å². The van der Waals surface area contributed by atoms with Crippen LogP contribution in [0.4, 0.5) is 0 Å². The second kappa shape index (κ2) is 6.37. The maximum atomic E-state index is 11.4. The highest BCUT2D eigenvalue weighted by atomic mass is 16.4. The Labute approximate surface area is 83.9 Å². The van der Waals surface area contributed by atoms with Crippen LogP contribution in [0, 0.1) is 0 Å². The van der Waals surface area contributed by atoms with Crippen molar-refractivity contribution in [3.8, 4) is 0 Å². The van der Waals surface area contributed by atoms with Crippen molar-refractivity contribution in [2.24, 2.45) is 5.73 Å². The first kappa shape index (κ1) is 12.9. The van der Waals surface area contributed by atoms with E-state index in [0.29, 0.717) is 25.8 Å². The van der Waals surface area contributed by atoms with E-state index in [1.807, 2.05) is 0 Å². The Hall–Kier alpha value is -1.10. The summed E-state index contributed by atoms with van der Waals surface area (Å²) in [6.45, 7) is 2.19. The van der Waals surface area contributed by atoms with Crippen LogP contribution in [-0.2, 0) is 9.59 Å². The zero-order chi connectivity index (χ0) is 11.1. The molecule has 0 aliphatic carbocycles. The fraction of sp³-hybridized carbons (Fsp3) is 0.778. The van der Waals surface area contributed by atoms with Crippen LogP contribution in [-0.4, -0.2) is 41.5 Å². The SMILES string of the molecule is CCC(C(=O)O)N(C)C(=O)CCCN. The number of hydrogen-bond donors (Lipinski definition) is 2. The number of likely N-dealkylation sites (N-methyl/N-ethyl adjacent to an activating group) is 1. The maximum absolute atomic E-state index is 11.4. The van der Waals surface area contributed by atoms with E-state index in [0.717, 1.165) is 0 Å². The lowest BCUT2D eigenvalue weighted by Gasteiger charge is -2.23. The summed E-state index contributed by atoms with van der Waals surface area (Å²) in [6.07, 6.45) is 1.33. The molecular weight excluding hydrogens is 184 g/mol. The Kier molecular flexibility index (Phi) is 5.87. The molecule has 14 heavy (non-hydrogen) atoms. The third kappa shape index (κ3) is 3.74. The van der Waals surface area contributed by atoms with Gasteiger partial charge in [0.2, 0.25) is 5.91 Å². The molecule has 0 fully saturated rings. The molecule has 0 bridgehead atoms. The average Bonchev–Trinajstić information content (AvgIpc) is 2.14. The van der Waals surface area contributed by atoms with Gasteiger partial charge >= 0.3 is 5.97 Å². The molecule has 0 saturated carbocycles. The number of carbonyl (C=O) groups excluding carboxylic acids is 1.